The van der Waals surface area contributed by atoms with E-state index in [1.54, 1.807) is 0 Å². The second-order valence-corrected chi connectivity index (χ2v) is 7.33. The van der Waals surface area contributed by atoms with E-state index in [-0.39, 0.29) is 0 Å². The molecular formula is C21H26N6O. The van der Waals surface area contributed by atoms with Gasteiger partial charge in [-0.25, -0.2) is 4.98 Å². The van der Waals surface area contributed by atoms with Crippen molar-refractivity contribution < 1.29 is 4.52 Å². The van der Waals surface area contributed by atoms with Gasteiger partial charge >= 0.3 is 0 Å². The third-order valence-corrected chi connectivity index (χ3v) is 5.23. The van der Waals surface area contributed by atoms with E-state index in [1.807, 2.05) is 26.0 Å². The normalized spacial score (nSPS) is 14.4. The van der Waals surface area contributed by atoms with Crippen LogP contribution < -0.4 is 15.1 Å². The average molecular weight is 378 g/mol. The molecule has 4 rings (SSSR count). The van der Waals surface area contributed by atoms with E-state index in [0.29, 0.717) is 11.8 Å². The van der Waals surface area contributed by atoms with Gasteiger partial charge in [0.05, 0.1) is 0 Å². The molecule has 1 N–H and O–H groups in total. The zero-order chi connectivity index (χ0) is 19.7. The Morgan fingerprint density at radius 1 is 0.929 bits per heavy atom. The van der Waals surface area contributed by atoms with E-state index in [4.69, 9.17) is 9.51 Å². The lowest BCUT2D eigenvalue weighted by Gasteiger charge is -2.37. The molecule has 0 spiro atoms. The number of nitrogens with zero attached hydrogens (tertiary/aromatic N) is 5. The summed E-state index contributed by atoms with van der Waals surface area (Å²) in [5.74, 6) is 2.85. The largest absolute Gasteiger partial charge is 0.368 e. The molecule has 3 heterocycles. The van der Waals surface area contributed by atoms with Crippen molar-refractivity contribution in [3.05, 3.63) is 52.9 Å². The molecule has 7 nitrogen and oxygen atoms in total. The summed E-state index contributed by atoms with van der Waals surface area (Å²) in [5, 5.41) is 7.08. The summed E-state index contributed by atoms with van der Waals surface area (Å²) in [5.41, 5.74) is 4.96. The van der Waals surface area contributed by atoms with Gasteiger partial charge in [-0.3, -0.25) is 0 Å². The highest BCUT2D eigenvalue weighted by molar-refractivity contribution is 5.58. The van der Waals surface area contributed by atoms with E-state index >= 15 is 0 Å². The van der Waals surface area contributed by atoms with Gasteiger partial charge in [-0.2, -0.15) is 4.98 Å². The van der Waals surface area contributed by atoms with E-state index in [9.17, 15) is 0 Å². The molecule has 0 unspecified atom stereocenters. The van der Waals surface area contributed by atoms with Gasteiger partial charge in [0.2, 0.25) is 5.95 Å². The minimum absolute atomic E-state index is 0.542. The van der Waals surface area contributed by atoms with Crippen molar-refractivity contribution in [3.8, 4) is 0 Å². The molecule has 0 radical (unpaired) electrons. The fourth-order valence-corrected chi connectivity index (χ4v) is 3.56. The van der Waals surface area contributed by atoms with Gasteiger partial charge in [0.15, 0.2) is 5.82 Å². The van der Waals surface area contributed by atoms with Crippen LogP contribution in [0, 0.1) is 27.7 Å². The Kier molecular flexibility index (Phi) is 4.90. The molecule has 146 valence electrons. The molecular weight excluding hydrogens is 352 g/mol. The first-order valence-corrected chi connectivity index (χ1v) is 9.62. The smallest absolute Gasteiger partial charge is 0.230 e. The van der Waals surface area contributed by atoms with Crippen LogP contribution in [0.4, 0.5) is 23.3 Å². The molecule has 1 saturated heterocycles. The van der Waals surface area contributed by atoms with Gasteiger partial charge < -0.3 is 19.6 Å². The zero-order valence-electron chi connectivity index (χ0n) is 16.9. The van der Waals surface area contributed by atoms with Crippen LogP contribution in [0.3, 0.4) is 0 Å². The molecule has 2 aromatic heterocycles. The number of benzene rings is 1. The fourth-order valence-electron chi connectivity index (χ4n) is 3.56. The monoisotopic (exact) mass is 378 g/mol. The minimum atomic E-state index is 0.542. The molecule has 1 aliphatic heterocycles. The molecule has 1 aromatic carbocycles. The molecule has 0 saturated carbocycles. The first-order chi connectivity index (χ1) is 13.5. The van der Waals surface area contributed by atoms with Crippen molar-refractivity contribution in [3.63, 3.8) is 0 Å². The Balaban J connectivity index is 1.47. The van der Waals surface area contributed by atoms with Crippen molar-refractivity contribution in [2.24, 2.45) is 0 Å². The molecule has 0 aliphatic carbocycles. The fraction of sp³-hybridized carbons (Fsp3) is 0.381. The lowest BCUT2D eigenvalue weighted by atomic mass is 10.1. The van der Waals surface area contributed by atoms with E-state index in [2.05, 4.69) is 57.3 Å². The highest BCUT2D eigenvalue weighted by Gasteiger charge is 2.20. The van der Waals surface area contributed by atoms with Gasteiger partial charge in [0.1, 0.15) is 11.6 Å². The number of aromatic nitrogens is 3. The Labute approximate surface area is 165 Å². The van der Waals surface area contributed by atoms with E-state index in [1.165, 1.54) is 16.8 Å². The summed E-state index contributed by atoms with van der Waals surface area (Å²) in [6.07, 6.45) is 0. The molecule has 1 aliphatic rings. The van der Waals surface area contributed by atoms with Crippen molar-refractivity contribution in [1.29, 1.82) is 0 Å². The number of nitrogens with one attached hydrogen (secondary N) is 1. The quantitative estimate of drug-likeness (QED) is 0.741. The van der Waals surface area contributed by atoms with Crippen LogP contribution in [0.15, 0.2) is 34.9 Å². The maximum absolute atomic E-state index is 5.10. The van der Waals surface area contributed by atoms with Gasteiger partial charge in [-0.05, 0) is 44.9 Å². The molecule has 3 aromatic rings. The maximum Gasteiger partial charge on any atom is 0.230 e. The average Bonchev–Trinajstić information content (AvgIpc) is 3.08. The lowest BCUT2D eigenvalue weighted by Crippen LogP contribution is -2.47. The van der Waals surface area contributed by atoms with Crippen LogP contribution in [-0.4, -0.2) is 41.3 Å². The third-order valence-electron chi connectivity index (χ3n) is 5.23. The Bertz CT molecular complexity index is 975. The molecule has 1 fully saturated rings. The van der Waals surface area contributed by atoms with Crippen LogP contribution in [-0.2, 0) is 0 Å². The third kappa shape index (κ3) is 3.78. The molecule has 28 heavy (non-hydrogen) atoms. The van der Waals surface area contributed by atoms with Crippen LogP contribution in [0.1, 0.15) is 22.6 Å². The summed E-state index contributed by atoms with van der Waals surface area (Å²) in [4.78, 5) is 13.9. The summed E-state index contributed by atoms with van der Waals surface area (Å²) in [7, 11) is 0. The summed E-state index contributed by atoms with van der Waals surface area (Å²) in [6.45, 7) is 12.0. The summed E-state index contributed by atoms with van der Waals surface area (Å²) >= 11 is 0. The van der Waals surface area contributed by atoms with Gasteiger partial charge in [-0.15, -0.1) is 0 Å². The summed E-state index contributed by atoms with van der Waals surface area (Å²) < 4.78 is 5.10. The van der Waals surface area contributed by atoms with Gasteiger partial charge in [-0.1, -0.05) is 17.3 Å². The number of piperazine rings is 1. The lowest BCUT2D eigenvalue weighted by molar-refractivity contribution is 0.400. The Morgan fingerprint density at radius 3 is 2.39 bits per heavy atom. The van der Waals surface area contributed by atoms with Crippen LogP contribution in [0.2, 0.25) is 0 Å². The first-order valence-electron chi connectivity index (χ1n) is 9.62. The molecule has 0 atom stereocenters. The minimum Gasteiger partial charge on any atom is -0.368 e. The molecule has 0 amide bonds. The Morgan fingerprint density at radius 2 is 1.68 bits per heavy atom. The second-order valence-electron chi connectivity index (χ2n) is 7.33. The predicted molar refractivity (Wildman–Crippen MR) is 112 cm³/mol. The second kappa shape index (κ2) is 7.50. The number of anilines is 4. The van der Waals surface area contributed by atoms with E-state index < -0.39 is 0 Å². The van der Waals surface area contributed by atoms with Crippen LogP contribution in [0.25, 0.3) is 0 Å². The van der Waals surface area contributed by atoms with E-state index in [0.717, 1.165) is 43.5 Å². The van der Waals surface area contributed by atoms with Crippen molar-refractivity contribution >= 4 is 23.3 Å². The predicted octanol–water partition coefficient (Wildman–Crippen LogP) is 3.77. The number of aryl methyl sites for hydroxylation is 3. The van der Waals surface area contributed by atoms with Crippen LogP contribution in [0.5, 0.6) is 0 Å². The molecule has 7 heteroatoms. The van der Waals surface area contributed by atoms with Crippen molar-refractivity contribution in [1.82, 2.24) is 15.1 Å². The van der Waals surface area contributed by atoms with Crippen molar-refractivity contribution in [2.45, 2.75) is 27.7 Å². The zero-order valence-corrected chi connectivity index (χ0v) is 16.9. The standard InChI is InChI=1S/C21H26N6O/c1-14-6-5-7-18(17(14)4)26-8-10-27(11-9-26)20-12-15(2)22-21(24-20)23-19-13-16(3)28-25-19/h5-7,12-13H,8-11H2,1-4H3,(H,22,23,24,25). The number of hydrogen-bond acceptors (Lipinski definition) is 7. The molecule has 0 bridgehead atoms. The SMILES string of the molecule is Cc1cc(N2CCN(c3cccc(C)c3C)CC2)nc(Nc2cc(C)on2)n1. The van der Waals surface area contributed by atoms with Gasteiger partial charge in [0.25, 0.3) is 0 Å². The number of hydrogen-bond donors (Lipinski definition) is 1. The Hall–Kier alpha value is -3.09. The topological polar surface area (TPSA) is 70.3 Å². The maximum atomic E-state index is 5.10. The highest BCUT2D eigenvalue weighted by atomic mass is 16.5. The highest BCUT2D eigenvalue weighted by Crippen LogP contribution is 2.25. The number of rotatable bonds is 4. The van der Waals surface area contributed by atoms with Gasteiger partial charge in [0, 0.05) is 49.7 Å². The van der Waals surface area contributed by atoms with Crippen molar-refractivity contribution in [2.75, 3.05) is 41.3 Å². The van der Waals surface area contributed by atoms with Crippen LogP contribution >= 0.6 is 0 Å². The summed E-state index contributed by atoms with van der Waals surface area (Å²) in [6, 6.07) is 10.4. The first kappa shape index (κ1) is 18.3.